The van der Waals surface area contributed by atoms with Gasteiger partial charge in [-0.1, -0.05) is 13.8 Å². The third-order valence-electron chi connectivity index (χ3n) is 1.64. The number of thiophene rings is 1. The van der Waals surface area contributed by atoms with Gasteiger partial charge in [0.1, 0.15) is 9.77 Å². The normalized spacial score (nSPS) is 11.8. The molecule has 1 N–H and O–H groups in total. The van der Waals surface area contributed by atoms with Crippen molar-refractivity contribution in [2.75, 3.05) is 6.61 Å². The summed E-state index contributed by atoms with van der Waals surface area (Å²) in [5, 5.41) is 1.41. The van der Waals surface area contributed by atoms with E-state index in [9.17, 15) is 13.2 Å². The third kappa shape index (κ3) is 3.29. The number of hydrogen-bond acceptors (Lipinski definition) is 5. The van der Waals surface area contributed by atoms with Crippen LogP contribution in [0.4, 0.5) is 0 Å². The second kappa shape index (κ2) is 4.94. The van der Waals surface area contributed by atoms with Gasteiger partial charge in [-0.15, -0.1) is 11.3 Å². The SMILES string of the molecule is CC(C)COC(=O)c1sccc1S(=O)(=O)O. The first kappa shape index (κ1) is 13.1. The second-order valence-corrected chi connectivity index (χ2v) is 5.89. The predicted molar refractivity (Wildman–Crippen MR) is 59.3 cm³/mol. The van der Waals surface area contributed by atoms with Crippen molar-refractivity contribution >= 4 is 27.4 Å². The van der Waals surface area contributed by atoms with Gasteiger partial charge < -0.3 is 4.74 Å². The highest BCUT2D eigenvalue weighted by Crippen LogP contribution is 2.22. The smallest absolute Gasteiger partial charge is 0.349 e. The van der Waals surface area contributed by atoms with Gasteiger partial charge in [0.15, 0.2) is 0 Å². The minimum Gasteiger partial charge on any atom is -0.461 e. The van der Waals surface area contributed by atoms with Crippen molar-refractivity contribution in [2.24, 2.45) is 5.92 Å². The van der Waals surface area contributed by atoms with E-state index in [-0.39, 0.29) is 17.4 Å². The first-order valence-electron chi connectivity index (χ1n) is 4.54. The molecule has 1 aromatic heterocycles. The summed E-state index contributed by atoms with van der Waals surface area (Å²) in [5.41, 5.74) is 0. The number of carbonyl (C=O) groups is 1. The number of hydrogen-bond donors (Lipinski definition) is 1. The van der Waals surface area contributed by atoms with Crippen LogP contribution in [0.2, 0.25) is 0 Å². The van der Waals surface area contributed by atoms with Crippen LogP contribution >= 0.6 is 11.3 Å². The molecule has 5 nitrogen and oxygen atoms in total. The van der Waals surface area contributed by atoms with E-state index in [1.807, 2.05) is 13.8 Å². The Hall–Kier alpha value is -0.920. The molecule has 1 rings (SSSR count). The van der Waals surface area contributed by atoms with E-state index in [0.717, 1.165) is 11.3 Å². The summed E-state index contributed by atoms with van der Waals surface area (Å²) in [6.07, 6.45) is 0. The quantitative estimate of drug-likeness (QED) is 0.662. The molecule has 0 amide bonds. The van der Waals surface area contributed by atoms with Crippen LogP contribution in [-0.4, -0.2) is 25.5 Å². The molecule has 0 unspecified atom stereocenters. The molecule has 0 aliphatic heterocycles. The summed E-state index contributed by atoms with van der Waals surface area (Å²) >= 11 is 0.922. The van der Waals surface area contributed by atoms with E-state index in [1.54, 1.807) is 0 Å². The molecule has 0 fully saturated rings. The fourth-order valence-corrected chi connectivity index (χ4v) is 2.74. The lowest BCUT2D eigenvalue weighted by Gasteiger charge is -2.06. The van der Waals surface area contributed by atoms with E-state index in [0.29, 0.717) is 0 Å². The summed E-state index contributed by atoms with van der Waals surface area (Å²) in [7, 11) is -4.36. The number of esters is 1. The monoisotopic (exact) mass is 264 g/mol. The maximum Gasteiger partial charge on any atom is 0.349 e. The number of carbonyl (C=O) groups excluding carboxylic acids is 1. The molecule has 1 aromatic rings. The number of ether oxygens (including phenoxy) is 1. The third-order valence-corrected chi connectivity index (χ3v) is 3.56. The van der Waals surface area contributed by atoms with Crippen molar-refractivity contribution in [3.63, 3.8) is 0 Å². The lowest BCUT2D eigenvalue weighted by atomic mass is 10.2. The Morgan fingerprint density at radius 2 is 2.19 bits per heavy atom. The maximum atomic E-state index is 11.5. The van der Waals surface area contributed by atoms with Crippen LogP contribution in [0.15, 0.2) is 16.3 Å². The second-order valence-electron chi connectivity index (χ2n) is 3.58. The summed E-state index contributed by atoms with van der Waals surface area (Å²) in [6, 6.07) is 1.17. The van der Waals surface area contributed by atoms with E-state index in [1.165, 1.54) is 11.4 Å². The summed E-state index contributed by atoms with van der Waals surface area (Å²) in [4.78, 5) is 11.0. The largest absolute Gasteiger partial charge is 0.461 e. The number of rotatable bonds is 4. The highest BCUT2D eigenvalue weighted by atomic mass is 32.2. The highest BCUT2D eigenvalue weighted by molar-refractivity contribution is 7.86. The summed E-state index contributed by atoms with van der Waals surface area (Å²) < 4.78 is 35.6. The van der Waals surface area contributed by atoms with Crippen molar-refractivity contribution in [2.45, 2.75) is 18.7 Å². The van der Waals surface area contributed by atoms with Crippen molar-refractivity contribution in [1.29, 1.82) is 0 Å². The van der Waals surface area contributed by atoms with Gasteiger partial charge in [-0.2, -0.15) is 8.42 Å². The van der Waals surface area contributed by atoms with E-state index in [2.05, 4.69) is 0 Å². The Morgan fingerprint density at radius 1 is 1.56 bits per heavy atom. The van der Waals surface area contributed by atoms with Crippen LogP contribution in [-0.2, 0) is 14.9 Å². The summed E-state index contributed by atoms with van der Waals surface area (Å²) in [5.74, 6) is -0.561. The zero-order valence-corrected chi connectivity index (χ0v) is 10.5. The molecule has 0 saturated carbocycles. The Bertz CT molecular complexity index is 472. The van der Waals surface area contributed by atoms with Crippen molar-refractivity contribution in [1.82, 2.24) is 0 Å². The molecule has 16 heavy (non-hydrogen) atoms. The van der Waals surface area contributed by atoms with Gasteiger partial charge in [0.05, 0.1) is 6.61 Å². The minimum atomic E-state index is -4.36. The standard InChI is InChI=1S/C9H12O5S2/c1-6(2)5-14-9(10)8-7(3-4-15-8)16(11,12)13/h3-4,6H,5H2,1-2H3,(H,11,12,13). The molecule has 0 saturated heterocycles. The molecule has 7 heteroatoms. The van der Waals surface area contributed by atoms with E-state index >= 15 is 0 Å². The van der Waals surface area contributed by atoms with Gasteiger partial charge in [-0.3, -0.25) is 4.55 Å². The lowest BCUT2D eigenvalue weighted by molar-refractivity contribution is 0.0460. The Balaban J connectivity index is 2.89. The molecular weight excluding hydrogens is 252 g/mol. The molecule has 0 atom stereocenters. The van der Waals surface area contributed by atoms with Crippen LogP contribution < -0.4 is 0 Å². The zero-order valence-electron chi connectivity index (χ0n) is 8.84. The first-order valence-corrected chi connectivity index (χ1v) is 6.86. The maximum absolute atomic E-state index is 11.5. The predicted octanol–water partition coefficient (Wildman–Crippen LogP) is 1.81. The fourth-order valence-electron chi connectivity index (χ4n) is 0.957. The Labute approximate surface area is 97.8 Å². The van der Waals surface area contributed by atoms with Crippen LogP contribution in [0.25, 0.3) is 0 Å². The molecule has 1 heterocycles. The molecule has 0 radical (unpaired) electrons. The average Bonchev–Trinajstić information content (AvgIpc) is 2.61. The van der Waals surface area contributed by atoms with Crippen LogP contribution in [0, 0.1) is 5.92 Å². The molecule has 0 aromatic carbocycles. The van der Waals surface area contributed by atoms with Gasteiger partial charge >= 0.3 is 5.97 Å². The van der Waals surface area contributed by atoms with Gasteiger partial charge in [0, 0.05) is 0 Å². The van der Waals surface area contributed by atoms with Crippen molar-refractivity contribution in [3.05, 3.63) is 16.3 Å². The molecule has 0 aliphatic rings. The molecule has 0 aliphatic carbocycles. The van der Waals surface area contributed by atoms with Gasteiger partial charge in [-0.25, -0.2) is 4.79 Å². The topological polar surface area (TPSA) is 80.7 Å². The van der Waals surface area contributed by atoms with Crippen LogP contribution in [0.3, 0.4) is 0 Å². The highest BCUT2D eigenvalue weighted by Gasteiger charge is 2.23. The molecule has 0 spiro atoms. The van der Waals surface area contributed by atoms with E-state index < -0.39 is 21.0 Å². The van der Waals surface area contributed by atoms with Crippen LogP contribution in [0.5, 0.6) is 0 Å². The van der Waals surface area contributed by atoms with Crippen molar-refractivity contribution in [3.8, 4) is 0 Å². The Kier molecular flexibility index (Phi) is 4.06. The molecular formula is C9H12O5S2. The van der Waals surface area contributed by atoms with Crippen LogP contribution in [0.1, 0.15) is 23.5 Å². The minimum absolute atomic E-state index is 0.0943. The van der Waals surface area contributed by atoms with Crippen molar-refractivity contribution < 1.29 is 22.5 Å². The summed E-state index contributed by atoms with van der Waals surface area (Å²) in [6.45, 7) is 3.94. The Morgan fingerprint density at radius 3 is 2.69 bits per heavy atom. The van der Waals surface area contributed by atoms with Gasteiger partial charge in [0.2, 0.25) is 0 Å². The van der Waals surface area contributed by atoms with Gasteiger partial charge in [0.25, 0.3) is 10.1 Å². The zero-order chi connectivity index (χ0) is 12.3. The lowest BCUT2D eigenvalue weighted by Crippen LogP contribution is -2.12. The van der Waals surface area contributed by atoms with Gasteiger partial charge in [-0.05, 0) is 17.4 Å². The molecule has 90 valence electrons. The molecule has 0 bridgehead atoms. The first-order chi connectivity index (χ1) is 7.32. The van der Waals surface area contributed by atoms with E-state index in [4.69, 9.17) is 9.29 Å². The fraction of sp³-hybridized carbons (Fsp3) is 0.444. The average molecular weight is 264 g/mol.